The van der Waals surface area contributed by atoms with E-state index in [1.54, 1.807) is 11.3 Å². The number of nitrogens with zero attached hydrogens (tertiary/aromatic N) is 2. The monoisotopic (exact) mass is 554 g/mol. The van der Waals surface area contributed by atoms with Gasteiger partial charge >= 0.3 is 0 Å². The molecule has 0 aliphatic carbocycles. The molecule has 0 aliphatic rings. The Bertz CT molecular complexity index is 2150. The maximum absolute atomic E-state index is 4.82. The summed E-state index contributed by atoms with van der Waals surface area (Å²) in [5, 5.41) is 6.06. The summed E-state index contributed by atoms with van der Waals surface area (Å²) >= 11 is 1.74. The van der Waals surface area contributed by atoms with Crippen molar-refractivity contribution in [2.45, 2.75) is 0 Å². The van der Waals surface area contributed by atoms with Crippen LogP contribution in [0.25, 0.3) is 53.5 Å². The first-order valence-electron chi connectivity index (χ1n) is 14.1. The van der Waals surface area contributed by atoms with E-state index in [0.29, 0.717) is 0 Å². The third-order valence-corrected chi connectivity index (χ3v) is 8.93. The molecule has 42 heavy (non-hydrogen) atoms. The van der Waals surface area contributed by atoms with Crippen LogP contribution in [0, 0.1) is 0 Å². The van der Waals surface area contributed by atoms with Crippen molar-refractivity contribution >= 4 is 60.2 Å². The highest BCUT2D eigenvalue weighted by molar-refractivity contribution is 7.21. The average molecular weight is 555 g/mol. The summed E-state index contributed by atoms with van der Waals surface area (Å²) in [6.45, 7) is 0. The molecular weight excluding hydrogens is 529 g/mol. The molecule has 1 heterocycles. The highest BCUT2D eigenvalue weighted by Crippen LogP contribution is 2.38. The number of anilines is 3. The number of benzene rings is 7. The number of hydrogen-bond donors (Lipinski definition) is 0. The van der Waals surface area contributed by atoms with Gasteiger partial charge in [0.25, 0.3) is 0 Å². The second-order valence-electron chi connectivity index (χ2n) is 10.5. The van der Waals surface area contributed by atoms with Crippen LogP contribution in [0.2, 0.25) is 0 Å². The number of para-hydroxylation sites is 2. The SMILES string of the molecule is c1ccc(N(c2ccc(-c3ccc(-c4nc5ccccc5s4)cc3)cc2)c2ccc3cc4ccccc4cc3c2)cc1. The van der Waals surface area contributed by atoms with Gasteiger partial charge in [-0.3, -0.25) is 0 Å². The molecule has 8 aromatic rings. The van der Waals surface area contributed by atoms with Crippen molar-refractivity contribution in [1.82, 2.24) is 4.98 Å². The fourth-order valence-electron chi connectivity index (χ4n) is 5.69. The van der Waals surface area contributed by atoms with Crippen molar-refractivity contribution in [1.29, 1.82) is 0 Å². The van der Waals surface area contributed by atoms with Gasteiger partial charge in [-0.2, -0.15) is 0 Å². The maximum atomic E-state index is 4.82. The lowest BCUT2D eigenvalue weighted by Crippen LogP contribution is -2.09. The lowest BCUT2D eigenvalue weighted by molar-refractivity contribution is 1.29. The van der Waals surface area contributed by atoms with Gasteiger partial charge in [0.15, 0.2) is 0 Å². The topological polar surface area (TPSA) is 16.1 Å². The van der Waals surface area contributed by atoms with E-state index >= 15 is 0 Å². The normalized spacial score (nSPS) is 11.3. The van der Waals surface area contributed by atoms with Gasteiger partial charge in [0, 0.05) is 22.6 Å². The van der Waals surface area contributed by atoms with Crippen LogP contribution >= 0.6 is 11.3 Å². The van der Waals surface area contributed by atoms with Crippen molar-refractivity contribution in [3.63, 3.8) is 0 Å². The van der Waals surface area contributed by atoms with Crippen LogP contribution in [0.4, 0.5) is 17.1 Å². The molecule has 0 amide bonds. The largest absolute Gasteiger partial charge is 0.310 e. The maximum Gasteiger partial charge on any atom is 0.124 e. The highest BCUT2D eigenvalue weighted by atomic mass is 32.1. The van der Waals surface area contributed by atoms with Gasteiger partial charge in [-0.25, -0.2) is 4.98 Å². The first-order valence-corrected chi connectivity index (χ1v) is 14.9. The third kappa shape index (κ3) is 4.50. The molecule has 0 atom stereocenters. The predicted molar refractivity (Wildman–Crippen MR) is 180 cm³/mol. The van der Waals surface area contributed by atoms with Crippen molar-refractivity contribution in [3.8, 4) is 21.7 Å². The predicted octanol–water partition coefficient (Wildman–Crippen LogP) is 11.4. The minimum Gasteiger partial charge on any atom is -0.310 e. The molecule has 0 bridgehead atoms. The summed E-state index contributed by atoms with van der Waals surface area (Å²) in [4.78, 5) is 7.15. The Labute approximate surface area is 248 Å². The van der Waals surface area contributed by atoms with Crippen LogP contribution < -0.4 is 4.90 Å². The standard InChI is InChI=1S/C39H26N2S/c1-2-10-34(11-3-1)41(36-23-20-32-24-30-8-4-5-9-31(30)25-33(32)26-36)35-21-18-28(19-22-35)27-14-16-29(17-15-27)39-40-37-12-6-7-13-38(37)42-39/h1-26H. The van der Waals surface area contributed by atoms with E-state index in [1.807, 2.05) is 6.07 Å². The lowest BCUT2D eigenvalue weighted by Gasteiger charge is -2.26. The zero-order valence-electron chi connectivity index (χ0n) is 22.8. The Balaban J connectivity index is 1.14. The van der Waals surface area contributed by atoms with Crippen LogP contribution in [0.15, 0.2) is 158 Å². The Morgan fingerprint density at radius 2 is 0.952 bits per heavy atom. The van der Waals surface area contributed by atoms with Gasteiger partial charge in [0.2, 0.25) is 0 Å². The van der Waals surface area contributed by atoms with Crippen molar-refractivity contribution in [2.75, 3.05) is 4.90 Å². The molecule has 0 aliphatic heterocycles. The lowest BCUT2D eigenvalue weighted by atomic mass is 10.0. The van der Waals surface area contributed by atoms with Gasteiger partial charge in [-0.05, 0) is 93.3 Å². The average Bonchev–Trinajstić information content (AvgIpc) is 3.49. The van der Waals surface area contributed by atoms with E-state index in [4.69, 9.17) is 4.98 Å². The van der Waals surface area contributed by atoms with Crippen LogP contribution in [-0.2, 0) is 0 Å². The van der Waals surface area contributed by atoms with Crippen molar-refractivity contribution < 1.29 is 0 Å². The van der Waals surface area contributed by atoms with Crippen LogP contribution in [0.1, 0.15) is 0 Å². The van der Waals surface area contributed by atoms with Crippen LogP contribution in [0.5, 0.6) is 0 Å². The second-order valence-corrected chi connectivity index (χ2v) is 11.5. The summed E-state index contributed by atoms with van der Waals surface area (Å²) in [6, 6.07) is 56.4. The molecule has 1 aromatic heterocycles. The fraction of sp³-hybridized carbons (Fsp3) is 0. The molecular formula is C39H26N2S. The van der Waals surface area contributed by atoms with Gasteiger partial charge in [0.1, 0.15) is 5.01 Å². The fourth-order valence-corrected chi connectivity index (χ4v) is 6.67. The van der Waals surface area contributed by atoms with Gasteiger partial charge in [-0.15, -0.1) is 11.3 Å². The first kappa shape index (κ1) is 24.5. The van der Waals surface area contributed by atoms with E-state index in [9.17, 15) is 0 Å². The molecule has 0 spiro atoms. The Hall–Kier alpha value is -5.25. The van der Waals surface area contributed by atoms with Gasteiger partial charge in [0.05, 0.1) is 10.2 Å². The molecule has 0 saturated heterocycles. The smallest absolute Gasteiger partial charge is 0.124 e. The minimum absolute atomic E-state index is 1.06. The highest BCUT2D eigenvalue weighted by Gasteiger charge is 2.14. The molecule has 7 aromatic carbocycles. The summed E-state index contributed by atoms with van der Waals surface area (Å²) in [5.41, 5.74) is 7.97. The minimum atomic E-state index is 1.06. The second kappa shape index (κ2) is 10.3. The number of aromatic nitrogens is 1. The molecule has 0 radical (unpaired) electrons. The number of thiazole rings is 1. The molecule has 0 saturated carbocycles. The summed E-state index contributed by atoms with van der Waals surface area (Å²) < 4.78 is 1.22. The Morgan fingerprint density at radius 1 is 0.405 bits per heavy atom. The zero-order valence-corrected chi connectivity index (χ0v) is 23.6. The number of fused-ring (bicyclic) bond motifs is 3. The molecule has 2 nitrogen and oxygen atoms in total. The Morgan fingerprint density at radius 3 is 1.69 bits per heavy atom. The van der Waals surface area contributed by atoms with E-state index in [1.165, 1.54) is 37.4 Å². The van der Waals surface area contributed by atoms with E-state index < -0.39 is 0 Å². The number of rotatable bonds is 5. The number of hydrogen-bond acceptors (Lipinski definition) is 3. The molecule has 0 fully saturated rings. The quantitative estimate of drug-likeness (QED) is 0.197. The van der Waals surface area contributed by atoms with Gasteiger partial charge in [-0.1, -0.05) is 97.1 Å². The molecule has 0 unspecified atom stereocenters. The van der Waals surface area contributed by atoms with Crippen LogP contribution in [0.3, 0.4) is 0 Å². The van der Waals surface area contributed by atoms with Crippen molar-refractivity contribution in [3.05, 3.63) is 158 Å². The first-order chi connectivity index (χ1) is 20.8. The molecule has 8 rings (SSSR count). The third-order valence-electron chi connectivity index (χ3n) is 7.85. The van der Waals surface area contributed by atoms with Crippen molar-refractivity contribution in [2.24, 2.45) is 0 Å². The molecule has 3 heteroatoms. The summed E-state index contributed by atoms with van der Waals surface area (Å²) in [5.74, 6) is 0. The van der Waals surface area contributed by atoms with Crippen LogP contribution in [-0.4, -0.2) is 4.98 Å². The molecule has 0 N–H and O–H groups in total. The Kier molecular flexibility index (Phi) is 6.02. The zero-order chi connectivity index (χ0) is 27.9. The van der Waals surface area contributed by atoms with Gasteiger partial charge < -0.3 is 4.90 Å². The van der Waals surface area contributed by atoms with E-state index in [-0.39, 0.29) is 0 Å². The summed E-state index contributed by atoms with van der Waals surface area (Å²) in [6.07, 6.45) is 0. The summed E-state index contributed by atoms with van der Waals surface area (Å²) in [7, 11) is 0. The van der Waals surface area contributed by atoms with E-state index in [2.05, 4.69) is 157 Å². The molecule has 198 valence electrons. The van der Waals surface area contributed by atoms with E-state index in [0.717, 1.165) is 33.1 Å².